The molecule has 0 unspecified atom stereocenters. The number of aromatic nitrogens is 4. The van der Waals surface area contributed by atoms with Crippen LogP contribution in [0.1, 0.15) is 31.1 Å². The third kappa shape index (κ3) is 2.39. The van der Waals surface area contributed by atoms with E-state index in [1.807, 2.05) is 17.7 Å². The van der Waals surface area contributed by atoms with Gasteiger partial charge in [-0.25, -0.2) is 9.97 Å². The fourth-order valence-corrected chi connectivity index (χ4v) is 2.14. The average Bonchev–Trinajstić information content (AvgIpc) is 2.72. The summed E-state index contributed by atoms with van der Waals surface area (Å²) in [6, 6.07) is 2.04. The molecular weight excluding hydrogens is 280 g/mol. The normalized spacial score (nSPS) is 10.8. The molecule has 0 atom stereocenters. The Morgan fingerprint density at radius 1 is 1.29 bits per heavy atom. The number of pyridine rings is 1. The first kappa shape index (κ1) is 12.2. The van der Waals surface area contributed by atoms with Crippen LogP contribution in [0.3, 0.4) is 0 Å². The van der Waals surface area contributed by atoms with Crippen LogP contribution in [-0.4, -0.2) is 19.7 Å². The number of hydrogen-bond donors (Lipinski definition) is 0. The molecule has 90 valence electrons. The minimum Gasteiger partial charge on any atom is -0.236 e. The molecule has 2 aromatic rings. The Balaban J connectivity index is 2.55. The fourth-order valence-electron chi connectivity index (χ4n) is 1.70. The average molecular weight is 295 g/mol. The van der Waals surface area contributed by atoms with Crippen LogP contribution in [0.2, 0.25) is 0 Å². The first-order chi connectivity index (χ1) is 8.15. The van der Waals surface area contributed by atoms with Gasteiger partial charge in [-0.3, -0.25) is 0 Å². The molecule has 17 heavy (non-hydrogen) atoms. The third-order valence-electron chi connectivity index (χ3n) is 2.57. The Morgan fingerprint density at radius 2 is 2.06 bits per heavy atom. The molecule has 0 spiro atoms. The molecule has 0 N–H and O–H groups in total. The Kier molecular flexibility index (Phi) is 3.57. The molecule has 4 nitrogen and oxygen atoms in total. The Hall–Kier alpha value is -1.23. The van der Waals surface area contributed by atoms with Gasteiger partial charge in [0, 0.05) is 23.5 Å². The summed E-state index contributed by atoms with van der Waals surface area (Å²) in [6.45, 7) is 6.16. The van der Waals surface area contributed by atoms with Crippen molar-refractivity contribution >= 4 is 15.9 Å². The molecule has 2 aromatic heterocycles. The van der Waals surface area contributed by atoms with Crippen molar-refractivity contribution in [1.82, 2.24) is 19.7 Å². The van der Waals surface area contributed by atoms with Crippen molar-refractivity contribution < 1.29 is 0 Å². The van der Waals surface area contributed by atoms with Gasteiger partial charge >= 0.3 is 0 Å². The molecule has 0 bridgehead atoms. The highest BCUT2D eigenvalue weighted by Gasteiger charge is 2.12. The van der Waals surface area contributed by atoms with Crippen LogP contribution in [0.25, 0.3) is 5.82 Å². The van der Waals surface area contributed by atoms with E-state index in [4.69, 9.17) is 0 Å². The predicted octanol–water partition coefficient (Wildman–Crippen LogP) is 2.86. The summed E-state index contributed by atoms with van der Waals surface area (Å²) in [5, 5.41) is 4.49. The lowest BCUT2D eigenvalue weighted by Crippen LogP contribution is -2.06. The first-order valence-corrected chi connectivity index (χ1v) is 6.52. The summed E-state index contributed by atoms with van der Waals surface area (Å²) in [5.41, 5.74) is 1.08. The number of rotatable bonds is 3. The molecule has 0 amide bonds. The molecule has 2 heterocycles. The topological polar surface area (TPSA) is 43.6 Å². The smallest absolute Gasteiger partial charge is 0.158 e. The van der Waals surface area contributed by atoms with Gasteiger partial charge in [-0.15, -0.1) is 5.10 Å². The van der Waals surface area contributed by atoms with E-state index in [1.165, 1.54) is 0 Å². The molecule has 0 aliphatic carbocycles. The number of aryl methyl sites for hydroxylation is 3. The largest absolute Gasteiger partial charge is 0.236 e. The summed E-state index contributed by atoms with van der Waals surface area (Å²) in [5.74, 6) is 2.68. The second kappa shape index (κ2) is 4.96. The van der Waals surface area contributed by atoms with Crippen LogP contribution in [0, 0.1) is 6.92 Å². The zero-order valence-electron chi connectivity index (χ0n) is 10.2. The Morgan fingerprint density at radius 3 is 2.65 bits per heavy atom. The van der Waals surface area contributed by atoms with Crippen LogP contribution in [0.5, 0.6) is 0 Å². The molecule has 0 aliphatic heterocycles. The lowest BCUT2D eigenvalue weighted by atomic mass is 10.3. The Labute approximate surface area is 109 Å². The van der Waals surface area contributed by atoms with E-state index in [9.17, 15) is 0 Å². The zero-order valence-corrected chi connectivity index (χ0v) is 11.8. The van der Waals surface area contributed by atoms with E-state index in [0.717, 1.165) is 40.3 Å². The molecule has 5 heteroatoms. The fraction of sp³-hybridized carbons (Fsp3) is 0.417. The van der Waals surface area contributed by atoms with Crippen LogP contribution >= 0.6 is 15.9 Å². The highest BCUT2D eigenvalue weighted by molar-refractivity contribution is 9.10. The van der Waals surface area contributed by atoms with Gasteiger partial charge in [0.05, 0.1) is 0 Å². The maximum absolute atomic E-state index is 4.49. The second-order valence-corrected chi connectivity index (χ2v) is 4.77. The second-order valence-electron chi connectivity index (χ2n) is 3.86. The number of halogens is 1. The van der Waals surface area contributed by atoms with Crippen LogP contribution in [0.4, 0.5) is 0 Å². The van der Waals surface area contributed by atoms with E-state index in [1.54, 1.807) is 6.20 Å². The quantitative estimate of drug-likeness (QED) is 0.874. The van der Waals surface area contributed by atoms with Crippen molar-refractivity contribution in [3.63, 3.8) is 0 Å². The van der Waals surface area contributed by atoms with Gasteiger partial charge in [0.15, 0.2) is 11.6 Å². The molecule has 2 rings (SSSR count). The maximum atomic E-state index is 4.49. The lowest BCUT2D eigenvalue weighted by molar-refractivity contribution is 0.763. The summed E-state index contributed by atoms with van der Waals surface area (Å²) < 4.78 is 2.83. The van der Waals surface area contributed by atoms with Gasteiger partial charge in [0.25, 0.3) is 0 Å². The molecule has 0 aromatic carbocycles. The van der Waals surface area contributed by atoms with Crippen LogP contribution in [0.15, 0.2) is 16.7 Å². The molecule has 0 radical (unpaired) electrons. The van der Waals surface area contributed by atoms with Crippen molar-refractivity contribution in [1.29, 1.82) is 0 Å². The standard InChI is InChI=1S/C12H15BrN4/c1-4-10-15-11(5-2)17(16-10)12-8(3)6-9(13)7-14-12/h6-7H,4-5H2,1-3H3. The van der Waals surface area contributed by atoms with Crippen molar-refractivity contribution in [3.05, 3.63) is 33.9 Å². The van der Waals surface area contributed by atoms with Crippen molar-refractivity contribution in [2.24, 2.45) is 0 Å². The zero-order chi connectivity index (χ0) is 12.4. The monoisotopic (exact) mass is 294 g/mol. The first-order valence-electron chi connectivity index (χ1n) is 5.73. The van der Waals surface area contributed by atoms with Gasteiger partial charge < -0.3 is 0 Å². The summed E-state index contributed by atoms with van der Waals surface area (Å²) in [6.07, 6.45) is 3.48. The molecule has 0 fully saturated rings. The molecule has 0 saturated carbocycles. The molecule has 0 aliphatic rings. The highest BCUT2D eigenvalue weighted by Crippen LogP contribution is 2.17. The van der Waals surface area contributed by atoms with Crippen LogP contribution < -0.4 is 0 Å². The highest BCUT2D eigenvalue weighted by atomic mass is 79.9. The summed E-state index contributed by atoms with van der Waals surface area (Å²) in [7, 11) is 0. The van der Waals surface area contributed by atoms with E-state index >= 15 is 0 Å². The minimum absolute atomic E-state index is 0.843. The van der Waals surface area contributed by atoms with Gasteiger partial charge in [-0.05, 0) is 34.5 Å². The third-order valence-corrected chi connectivity index (χ3v) is 3.00. The van der Waals surface area contributed by atoms with Crippen molar-refractivity contribution in [3.8, 4) is 5.82 Å². The summed E-state index contributed by atoms with van der Waals surface area (Å²) in [4.78, 5) is 8.91. The van der Waals surface area contributed by atoms with E-state index in [-0.39, 0.29) is 0 Å². The minimum atomic E-state index is 0.843. The molecule has 0 saturated heterocycles. The van der Waals surface area contributed by atoms with Crippen LogP contribution in [-0.2, 0) is 12.8 Å². The van der Waals surface area contributed by atoms with Gasteiger partial charge in [-0.2, -0.15) is 4.68 Å². The maximum Gasteiger partial charge on any atom is 0.158 e. The summed E-state index contributed by atoms with van der Waals surface area (Å²) >= 11 is 3.42. The van der Waals surface area contributed by atoms with Gasteiger partial charge in [0.1, 0.15) is 5.82 Å². The Bertz CT molecular complexity index is 533. The van der Waals surface area contributed by atoms with Gasteiger partial charge in [0.2, 0.25) is 0 Å². The molecular formula is C12H15BrN4. The van der Waals surface area contributed by atoms with E-state index in [0.29, 0.717) is 0 Å². The lowest BCUT2D eigenvalue weighted by Gasteiger charge is -2.06. The van der Waals surface area contributed by atoms with E-state index in [2.05, 4.69) is 44.8 Å². The SMILES string of the molecule is CCc1nc(CC)n(-c2ncc(Br)cc2C)n1. The van der Waals surface area contributed by atoms with Gasteiger partial charge in [-0.1, -0.05) is 13.8 Å². The predicted molar refractivity (Wildman–Crippen MR) is 70.3 cm³/mol. The number of hydrogen-bond acceptors (Lipinski definition) is 3. The van der Waals surface area contributed by atoms with Crippen molar-refractivity contribution in [2.75, 3.05) is 0 Å². The van der Waals surface area contributed by atoms with E-state index < -0.39 is 0 Å². The van der Waals surface area contributed by atoms with Crippen molar-refractivity contribution in [2.45, 2.75) is 33.6 Å². The number of nitrogens with zero attached hydrogens (tertiary/aromatic N) is 4.